The maximum atomic E-state index is 13.0. The van der Waals surface area contributed by atoms with Gasteiger partial charge in [0, 0.05) is 18.0 Å². The summed E-state index contributed by atoms with van der Waals surface area (Å²) in [6.07, 6.45) is 3.55. The highest BCUT2D eigenvalue weighted by Gasteiger charge is 2.43. The highest BCUT2D eigenvalue weighted by Crippen LogP contribution is 2.37. The predicted molar refractivity (Wildman–Crippen MR) is 126 cm³/mol. The number of aliphatic hydroxyl groups is 1. The van der Waals surface area contributed by atoms with Gasteiger partial charge in [-0.1, -0.05) is 42.2 Å². The zero-order valence-corrected chi connectivity index (χ0v) is 19.6. The van der Waals surface area contributed by atoms with Crippen LogP contribution >= 0.6 is 11.3 Å². The summed E-state index contributed by atoms with van der Waals surface area (Å²) in [5, 5.41) is 9.81. The normalized spacial score (nSPS) is 19.5. The summed E-state index contributed by atoms with van der Waals surface area (Å²) in [6.45, 7) is 8.18. The molecule has 1 aromatic carbocycles. The van der Waals surface area contributed by atoms with Crippen molar-refractivity contribution in [1.82, 2.24) is 4.90 Å². The van der Waals surface area contributed by atoms with Crippen molar-refractivity contribution in [2.24, 2.45) is 5.41 Å². The van der Waals surface area contributed by atoms with E-state index in [0.29, 0.717) is 6.61 Å². The van der Waals surface area contributed by atoms with Gasteiger partial charge in [-0.15, -0.1) is 11.3 Å². The Morgan fingerprint density at radius 3 is 2.74 bits per heavy atom. The zero-order valence-electron chi connectivity index (χ0n) is 18.8. The summed E-state index contributed by atoms with van der Waals surface area (Å²) in [7, 11) is 0. The standard InChI is InChI=1S/C26H33NO3S/c1-4-30-24(28)26(17-13-21-9-6-5-7-10-21)15-8-18-27(20-26)19-23-12-11-22(31-23)14-16-25(2,3)29/h5-7,9-12,29H,4,8,13,15,17-20H2,1-3H3/t26-/m0/s1. The molecule has 0 saturated carbocycles. The first-order valence-corrected chi connectivity index (χ1v) is 11.9. The predicted octanol–water partition coefficient (Wildman–Crippen LogP) is 4.65. The lowest BCUT2D eigenvalue weighted by atomic mass is 9.75. The summed E-state index contributed by atoms with van der Waals surface area (Å²) in [6, 6.07) is 14.5. The number of piperidine rings is 1. The molecule has 0 amide bonds. The molecule has 1 saturated heterocycles. The monoisotopic (exact) mass is 439 g/mol. The van der Waals surface area contributed by atoms with Gasteiger partial charge in [-0.2, -0.15) is 0 Å². The van der Waals surface area contributed by atoms with E-state index in [4.69, 9.17) is 4.74 Å². The van der Waals surface area contributed by atoms with Crippen molar-refractivity contribution >= 4 is 17.3 Å². The van der Waals surface area contributed by atoms with Gasteiger partial charge in [0.15, 0.2) is 0 Å². The van der Waals surface area contributed by atoms with Crippen LogP contribution in [0.25, 0.3) is 0 Å². The molecule has 2 aromatic rings. The SMILES string of the molecule is CCOC(=O)[C@]1(CCc2ccccc2)CCCN(Cc2ccc(C#CC(C)(C)O)s2)C1. The van der Waals surface area contributed by atoms with Crippen LogP contribution in [0.2, 0.25) is 0 Å². The Morgan fingerprint density at radius 1 is 1.26 bits per heavy atom. The number of hydrogen-bond donors (Lipinski definition) is 1. The van der Waals surface area contributed by atoms with Crippen molar-refractivity contribution in [3.8, 4) is 11.8 Å². The Hall–Kier alpha value is -2.13. The fourth-order valence-corrected chi connectivity index (χ4v) is 5.02. The summed E-state index contributed by atoms with van der Waals surface area (Å²) in [4.78, 5) is 17.6. The summed E-state index contributed by atoms with van der Waals surface area (Å²) < 4.78 is 5.53. The third-order valence-electron chi connectivity index (χ3n) is 5.63. The Kier molecular flexibility index (Phi) is 7.94. The summed E-state index contributed by atoms with van der Waals surface area (Å²) in [5.74, 6) is 5.87. The number of rotatable bonds is 7. The van der Waals surface area contributed by atoms with Gasteiger partial charge in [0.1, 0.15) is 5.60 Å². The summed E-state index contributed by atoms with van der Waals surface area (Å²) in [5.41, 5.74) is -0.184. The number of nitrogens with zero attached hydrogens (tertiary/aromatic N) is 1. The molecule has 0 bridgehead atoms. The first-order valence-electron chi connectivity index (χ1n) is 11.1. The van der Waals surface area contributed by atoms with Crippen molar-refractivity contribution in [2.45, 2.75) is 58.6 Å². The number of likely N-dealkylation sites (tertiary alicyclic amines) is 1. The van der Waals surface area contributed by atoms with E-state index in [-0.39, 0.29) is 5.97 Å². The van der Waals surface area contributed by atoms with Crippen molar-refractivity contribution in [3.63, 3.8) is 0 Å². The minimum Gasteiger partial charge on any atom is -0.466 e. The maximum absolute atomic E-state index is 13.0. The second-order valence-electron chi connectivity index (χ2n) is 8.88. The largest absolute Gasteiger partial charge is 0.466 e. The number of hydrogen-bond acceptors (Lipinski definition) is 5. The average molecular weight is 440 g/mol. The van der Waals surface area contributed by atoms with Gasteiger partial charge in [0.05, 0.1) is 16.9 Å². The Balaban J connectivity index is 1.70. The van der Waals surface area contributed by atoms with Crippen LogP contribution in [0.5, 0.6) is 0 Å². The minimum absolute atomic E-state index is 0.0569. The number of benzene rings is 1. The highest BCUT2D eigenvalue weighted by atomic mass is 32.1. The van der Waals surface area contributed by atoms with E-state index in [2.05, 4.69) is 47.1 Å². The topological polar surface area (TPSA) is 49.8 Å². The lowest BCUT2D eigenvalue weighted by Crippen LogP contribution is -2.48. The van der Waals surface area contributed by atoms with Crippen LogP contribution in [-0.4, -0.2) is 41.3 Å². The highest BCUT2D eigenvalue weighted by molar-refractivity contribution is 7.12. The van der Waals surface area contributed by atoms with Crippen molar-refractivity contribution in [2.75, 3.05) is 19.7 Å². The second kappa shape index (κ2) is 10.5. The summed E-state index contributed by atoms with van der Waals surface area (Å²) >= 11 is 1.65. The van der Waals surface area contributed by atoms with Crippen molar-refractivity contribution < 1.29 is 14.6 Å². The lowest BCUT2D eigenvalue weighted by Gasteiger charge is -2.41. The first-order chi connectivity index (χ1) is 14.8. The molecule has 1 aliphatic heterocycles. The molecule has 1 aromatic heterocycles. The van der Waals surface area contributed by atoms with E-state index in [1.807, 2.05) is 19.1 Å². The molecule has 2 heterocycles. The van der Waals surface area contributed by atoms with Gasteiger partial charge in [-0.25, -0.2) is 0 Å². The van der Waals surface area contributed by atoms with Crippen molar-refractivity contribution in [3.05, 3.63) is 57.8 Å². The average Bonchev–Trinajstić information content (AvgIpc) is 3.19. The van der Waals surface area contributed by atoms with Crippen LogP contribution < -0.4 is 0 Å². The smallest absolute Gasteiger partial charge is 0.313 e. The molecule has 3 rings (SSSR count). The number of esters is 1. The number of ether oxygens (including phenoxy) is 1. The molecule has 4 nitrogen and oxygen atoms in total. The third-order valence-corrected chi connectivity index (χ3v) is 6.62. The minimum atomic E-state index is -0.991. The number of carbonyl (C=O) groups is 1. The molecule has 5 heteroatoms. The molecule has 0 spiro atoms. The third kappa shape index (κ3) is 6.93. The second-order valence-corrected chi connectivity index (χ2v) is 10.0. The molecular formula is C26H33NO3S. The van der Waals surface area contributed by atoms with Gasteiger partial charge in [-0.05, 0) is 70.7 Å². The number of thiophene rings is 1. The van der Waals surface area contributed by atoms with Crippen molar-refractivity contribution in [1.29, 1.82) is 0 Å². The Labute approximate surface area is 190 Å². The van der Waals surface area contributed by atoms with Crippen LogP contribution in [0.15, 0.2) is 42.5 Å². The molecule has 1 atom stereocenters. The molecule has 0 unspecified atom stereocenters. The molecule has 1 fully saturated rings. The Morgan fingerprint density at radius 2 is 2.03 bits per heavy atom. The molecule has 0 aliphatic carbocycles. The van der Waals surface area contributed by atoms with Crippen LogP contribution in [0.3, 0.4) is 0 Å². The quantitative estimate of drug-likeness (QED) is 0.504. The fraction of sp³-hybridized carbons (Fsp3) is 0.500. The lowest BCUT2D eigenvalue weighted by molar-refractivity contribution is -0.160. The van der Waals surface area contributed by atoms with Crippen LogP contribution in [0.1, 0.15) is 55.4 Å². The molecular weight excluding hydrogens is 406 g/mol. The van der Waals surface area contributed by atoms with E-state index in [1.54, 1.807) is 25.2 Å². The van der Waals surface area contributed by atoms with Gasteiger partial charge in [-0.3, -0.25) is 9.69 Å². The molecule has 31 heavy (non-hydrogen) atoms. The fourth-order valence-electron chi connectivity index (χ4n) is 4.11. The van der Waals surface area contributed by atoms with E-state index >= 15 is 0 Å². The molecule has 166 valence electrons. The Bertz CT molecular complexity index is 919. The number of carbonyl (C=O) groups excluding carboxylic acids is 1. The van der Waals surface area contributed by atoms with E-state index in [0.717, 1.165) is 50.2 Å². The van der Waals surface area contributed by atoms with E-state index in [9.17, 15) is 9.90 Å². The van der Waals surface area contributed by atoms with Crippen LogP contribution in [-0.2, 0) is 22.5 Å². The van der Waals surface area contributed by atoms with E-state index in [1.165, 1.54) is 10.4 Å². The van der Waals surface area contributed by atoms with Gasteiger partial charge >= 0.3 is 5.97 Å². The maximum Gasteiger partial charge on any atom is 0.313 e. The van der Waals surface area contributed by atoms with Gasteiger partial charge < -0.3 is 9.84 Å². The van der Waals surface area contributed by atoms with Crippen LogP contribution in [0, 0.1) is 17.3 Å². The molecule has 1 N–H and O–H groups in total. The molecule has 1 aliphatic rings. The van der Waals surface area contributed by atoms with E-state index < -0.39 is 11.0 Å². The number of aryl methyl sites for hydroxylation is 1. The zero-order chi connectivity index (χ0) is 22.3. The van der Waals surface area contributed by atoms with Gasteiger partial charge in [0.2, 0.25) is 0 Å². The molecule has 0 radical (unpaired) electrons. The first kappa shape index (κ1) is 23.5. The van der Waals surface area contributed by atoms with Crippen LogP contribution in [0.4, 0.5) is 0 Å². The van der Waals surface area contributed by atoms with Gasteiger partial charge in [0.25, 0.3) is 0 Å².